The molecule has 10 heteroatoms. The molecule has 1 aliphatic carbocycles. The minimum absolute atomic E-state index is 0.552. The highest BCUT2D eigenvalue weighted by molar-refractivity contribution is 5.79. The zero-order valence-electron chi connectivity index (χ0n) is 19.5. The van der Waals surface area contributed by atoms with Gasteiger partial charge in [-0.2, -0.15) is 5.10 Å². The fourth-order valence-electron chi connectivity index (χ4n) is 4.27. The standard InChI is InChI=1S/C22H37N9O/c1-18-26-27-21(29(18)2)17-25-22(23-9-5-10-30-12-14-32-15-13-30)24-16-19-8-11-31(28-19)20-6-3-4-7-20/h8,11,20H,3-7,9-10,12-17H2,1-2H3,(H2,23,24,25). The Balaban J connectivity index is 1.31. The third kappa shape index (κ3) is 6.29. The van der Waals surface area contributed by atoms with Crippen molar-refractivity contribution in [3.63, 3.8) is 0 Å². The molecule has 2 N–H and O–H groups in total. The van der Waals surface area contributed by atoms with Crippen molar-refractivity contribution in [2.75, 3.05) is 39.4 Å². The highest BCUT2D eigenvalue weighted by Crippen LogP contribution is 2.28. The van der Waals surface area contributed by atoms with Crippen LogP contribution in [0, 0.1) is 6.92 Å². The Kier molecular flexibility index (Phi) is 8.11. The molecule has 2 aliphatic rings. The summed E-state index contributed by atoms with van der Waals surface area (Å²) in [5.74, 6) is 2.56. The highest BCUT2D eigenvalue weighted by atomic mass is 16.5. The van der Waals surface area contributed by atoms with Gasteiger partial charge >= 0.3 is 0 Å². The Bertz CT molecular complexity index is 863. The van der Waals surface area contributed by atoms with Crippen LogP contribution in [-0.4, -0.2) is 74.8 Å². The summed E-state index contributed by atoms with van der Waals surface area (Å²) < 4.78 is 9.55. The number of hydrogen-bond acceptors (Lipinski definition) is 6. The first-order valence-corrected chi connectivity index (χ1v) is 11.9. The molecule has 0 bridgehead atoms. The van der Waals surface area contributed by atoms with Crippen LogP contribution in [0.1, 0.15) is 55.5 Å². The van der Waals surface area contributed by atoms with E-state index in [9.17, 15) is 0 Å². The first-order chi connectivity index (χ1) is 15.7. The van der Waals surface area contributed by atoms with Gasteiger partial charge in [-0.1, -0.05) is 12.8 Å². The van der Waals surface area contributed by atoms with Crippen LogP contribution in [0.25, 0.3) is 0 Å². The predicted octanol–water partition coefficient (Wildman–Crippen LogP) is 1.39. The van der Waals surface area contributed by atoms with Gasteiger partial charge in [-0.05, 0) is 38.8 Å². The van der Waals surface area contributed by atoms with E-state index in [1.54, 1.807) is 0 Å². The van der Waals surface area contributed by atoms with Crippen molar-refractivity contribution >= 4 is 5.96 Å². The lowest BCUT2D eigenvalue weighted by Crippen LogP contribution is -2.40. The van der Waals surface area contributed by atoms with Gasteiger partial charge in [-0.3, -0.25) is 9.58 Å². The van der Waals surface area contributed by atoms with Crippen molar-refractivity contribution in [1.82, 2.24) is 40.1 Å². The van der Waals surface area contributed by atoms with Crippen LogP contribution in [0.15, 0.2) is 17.3 Å². The minimum atomic E-state index is 0.552. The van der Waals surface area contributed by atoms with Crippen LogP contribution < -0.4 is 10.6 Å². The first-order valence-electron chi connectivity index (χ1n) is 11.9. The second-order valence-electron chi connectivity index (χ2n) is 8.70. The molecule has 0 unspecified atom stereocenters. The van der Waals surface area contributed by atoms with Crippen LogP contribution in [0.4, 0.5) is 0 Å². The number of nitrogens with one attached hydrogen (secondary N) is 2. The molecule has 0 spiro atoms. The van der Waals surface area contributed by atoms with Gasteiger partial charge in [-0.15, -0.1) is 10.2 Å². The molecule has 0 amide bonds. The minimum Gasteiger partial charge on any atom is -0.379 e. The summed E-state index contributed by atoms with van der Waals surface area (Å²) in [6.45, 7) is 8.73. The van der Waals surface area contributed by atoms with E-state index in [0.717, 1.165) is 69.1 Å². The molecule has 0 atom stereocenters. The second kappa shape index (κ2) is 11.4. The maximum Gasteiger partial charge on any atom is 0.192 e. The van der Waals surface area contributed by atoms with E-state index < -0.39 is 0 Å². The number of nitrogens with zero attached hydrogens (tertiary/aromatic N) is 7. The fraction of sp³-hybridized carbons (Fsp3) is 0.727. The molecule has 1 saturated heterocycles. The van der Waals surface area contributed by atoms with Crippen molar-refractivity contribution in [2.45, 2.75) is 58.2 Å². The lowest BCUT2D eigenvalue weighted by molar-refractivity contribution is 0.0376. The zero-order chi connectivity index (χ0) is 22.2. The summed E-state index contributed by atoms with van der Waals surface area (Å²) >= 11 is 0. The van der Waals surface area contributed by atoms with E-state index >= 15 is 0 Å². The average Bonchev–Trinajstić information content (AvgIpc) is 3.57. The molecule has 4 rings (SSSR count). The van der Waals surface area contributed by atoms with Crippen LogP contribution in [0.5, 0.6) is 0 Å². The van der Waals surface area contributed by atoms with E-state index in [-0.39, 0.29) is 0 Å². The lowest BCUT2D eigenvalue weighted by atomic mass is 10.3. The van der Waals surface area contributed by atoms with Gasteiger partial charge < -0.3 is 19.9 Å². The molecule has 3 heterocycles. The summed E-state index contributed by atoms with van der Waals surface area (Å²) in [4.78, 5) is 7.25. The Morgan fingerprint density at radius 3 is 2.75 bits per heavy atom. The number of guanidine groups is 1. The number of hydrogen-bond donors (Lipinski definition) is 2. The number of morpholine rings is 1. The van der Waals surface area contributed by atoms with E-state index in [4.69, 9.17) is 14.8 Å². The van der Waals surface area contributed by atoms with Gasteiger partial charge in [0.1, 0.15) is 5.82 Å². The van der Waals surface area contributed by atoms with E-state index in [2.05, 4.69) is 42.7 Å². The molecular weight excluding hydrogens is 406 g/mol. The summed E-state index contributed by atoms with van der Waals surface area (Å²) in [6.07, 6.45) is 8.24. The number of aliphatic imine (C=N–C) groups is 1. The van der Waals surface area contributed by atoms with Gasteiger partial charge in [0.25, 0.3) is 0 Å². The first kappa shape index (κ1) is 22.7. The third-order valence-corrected chi connectivity index (χ3v) is 6.41. The molecule has 176 valence electrons. The lowest BCUT2D eigenvalue weighted by Gasteiger charge is -2.26. The molecule has 1 aliphatic heterocycles. The number of aryl methyl sites for hydroxylation is 1. The number of rotatable bonds is 9. The van der Waals surface area contributed by atoms with E-state index in [1.807, 2.05) is 18.5 Å². The fourth-order valence-corrected chi connectivity index (χ4v) is 4.27. The molecule has 1 saturated carbocycles. The van der Waals surface area contributed by atoms with Crippen molar-refractivity contribution in [3.05, 3.63) is 29.6 Å². The van der Waals surface area contributed by atoms with Crippen molar-refractivity contribution in [2.24, 2.45) is 12.0 Å². The van der Waals surface area contributed by atoms with Crippen molar-refractivity contribution < 1.29 is 4.74 Å². The van der Waals surface area contributed by atoms with Crippen LogP contribution in [0.3, 0.4) is 0 Å². The van der Waals surface area contributed by atoms with Crippen molar-refractivity contribution in [1.29, 1.82) is 0 Å². The molecule has 32 heavy (non-hydrogen) atoms. The molecular formula is C22H37N9O. The van der Waals surface area contributed by atoms with Gasteiger partial charge in [0, 0.05) is 32.9 Å². The van der Waals surface area contributed by atoms with E-state index in [1.165, 1.54) is 25.7 Å². The van der Waals surface area contributed by atoms with Gasteiger partial charge in [-0.25, -0.2) is 4.99 Å². The van der Waals surface area contributed by atoms with Gasteiger partial charge in [0.05, 0.1) is 38.0 Å². The SMILES string of the molecule is Cc1nnc(CNC(=NCc2ccn(C3CCCC3)n2)NCCCN2CCOCC2)n1C. The maximum atomic E-state index is 5.43. The highest BCUT2D eigenvalue weighted by Gasteiger charge is 2.17. The average molecular weight is 444 g/mol. The summed E-state index contributed by atoms with van der Waals surface area (Å²) in [7, 11) is 1.98. The quantitative estimate of drug-likeness (QED) is 0.343. The predicted molar refractivity (Wildman–Crippen MR) is 123 cm³/mol. The molecule has 2 fully saturated rings. The molecule has 2 aromatic rings. The van der Waals surface area contributed by atoms with Crippen LogP contribution in [-0.2, 0) is 24.9 Å². The number of aromatic nitrogens is 5. The summed E-state index contributed by atoms with van der Waals surface area (Å²) in [6, 6.07) is 2.65. The Hall–Kier alpha value is -2.46. The van der Waals surface area contributed by atoms with Gasteiger partial charge in [0.2, 0.25) is 0 Å². The monoisotopic (exact) mass is 443 g/mol. The molecule has 0 radical (unpaired) electrons. The third-order valence-electron chi connectivity index (χ3n) is 6.41. The second-order valence-corrected chi connectivity index (χ2v) is 8.70. The molecule has 2 aromatic heterocycles. The molecule has 0 aromatic carbocycles. The topological polar surface area (TPSA) is 97.4 Å². The Labute approximate surface area is 190 Å². The smallest absolute Gasteiger partial charge is 0.192 e. The van der Waals surface area contributed by atoms with Crippen LogP contribution in [0.2, 0.25) is 0 Å². The summed E-state index contributed by atoms with van der Waals surface area (Å²) in [5, 5.41) is 20.0. The Morgan fingerprint density at radius 1 is 1.19 bits per heavy atom. The summed E-state index contributed by atoms with van der Waals surface area (Å²) in [5.41, 5.74) is 1.00. The number of ether oxygens (including phenoxy) is 1. The van der Waals surface area contributed by atoms with Crippen molar-refractivity contribution in [3.8, 4) is 0 Å². The normalized spacial score (nSPS) is 18.4. The maximum absolute atomic E-state index is 5.43. The van der Waals surface area contributed by atoms with Gasteiger partial charge in [0.15, 0.2) is 11.8 Å². The largest absolute Gasteiger partial charge is 0.379 e. The molecule has 10 nitrogen and oxygen atoms in total. The van der Waals surface area contributed by atoms with Crippen LogP contribution >= 0.6 is 0 Å². The zero-order valence-corrected chi connectivity index (χ0v) is 19.5. The van der Waals surface area contributed by atoms with E-state index in [0.29, 0.717) is 19.1 Å². The Morgan fingerprint density at radius 2 is 2.00 bits per heavy atom.